The zero-order chi connectivity index (χ0) is 12.3. The molecule has 0 spiro atoms. The molecule has 6 heteroatoms. The molecule has 0 aliphatic rings. The maximum Gasteiger partial charge on any atom is 0.491 e. The van der Waals surface area contributed by atoms with Gasteiger partial charge < -0.3 is 15.2 Å². The summed E-state index contributed by atoms with van der Waals surface area (Å²) in [5, 5.41) is 26.3. The summed E-state index contributed by atoms with van der Waals surface area (Å²) in [5.74, 6) is -2.30. The molecule has 0 aliphatic carbocycles. The van der Waals surface area contributed by atoms with Gasteiger partial charge in [0, 0.05) is 5.46 Å². The van der Waals surface area contributed by atoms with E-state index in [0.717, 1.165) is 6.07 Å². The van der Waals surface area contributed by atoms with Crippen molar-refractivity contribution in [2.75, 3.05) is 0 Å². The quantitative estimate of drug-likeness (QED) is 0.619. The molecule has 0 radical (unpaired) electrons. The van der Waals surface area contributed by atoms with Gasteiger partial charge in [-0.2, -0.15) is 0 Å². The number of halogens is 1. The lowest BCUT2D eigenvalue weighted by atomic mass is 9.79. The van der Waals surface area contributed by atoms with Crippen molar-refractivity contribution in [3.05, 3.63) is 29.6 Å². The molecule has 0 heterocycles. The SMILES string of the molecule is CC(Cc1ccc(B(O)O)c(F)c1)C(=O)O. The van der Waals surface area contributed by atoms with Crippen molar-refractivity contribution < 1.29 is 24.3 Å². The van der Waals surface area contributed by atoms with Crippen LogP contribution in [0.15, 0.2) is 18.2 Å². The van der Waals surface area contributed by atoms with Crippen LogP contribution in [0.4, 0.5) is 4.39 Å². The van der Waals surface area contributed by atoms with E-state index in [9.17, 15) is 9.18 Å². The lowest BCUT2D eigenvalue weighted by molar-refractivity contribution is -0.141. The average molecular weight is 226 g/mol. The van der Waals surface area contributed by atoms with E-state index in [-0.39, 0.29) is 11.9 Å². The van der Waals surface area contributed by atoms with Crippen molar-refractivity contribution in [2.24, 2.45) is 5.92 Å². The van der Waals surface area contributed by atoms with Crippen LogP contribution in [-0.4, -0.2) is 28.2 Å². The summed E-state index contributed by atoms with van der Waals surface area (Å²) in [4.78, 5) is 10.6. The molecular weight excluding hydrogens is 214 g/mol. The standard InChI is InChI=1S/C10H12BFO4/c1-6(10(13)14)4-7-2-3-8(11(15)16)9(12)5-7/h2-3,5-6,15-16H,4H2,1H3,(H,13,14). The molecule has 0 aliphatic heterocycles. The number of rotatable bonds is 4. The molecule has 0 fully saturated rings. The van der Waals surface area contributed by atoms with Crippen LogP contribution < -0.4 is 5.46 Å². The molecule has 1 aromatic rings. The highest BCUT2D eigenvalue weighted by Crippen LogP contribution is 2.09. The summed E-state index contributed by atoms with van der Waals surface area (Å²) in [7, 11) is -1.86. The summed E-state index contributed by atoms with van der Waals surface area (Å²) in [5.41, 5.74) is 0.295. The fourth-order valence-electron chi connectivity index (χ4n) is 1.35. The molecule has 86 valence electrons. The molecule has 16 heavy (non-hydrogen) atoms. The Balaban J connectivity index is 2.85. The van der Waals surface area contributed by atoms with Crippen LogP contribution in [0.3, 0.4) is 0 Å². The smallest absolute Gasteiger partial charge is 0.481 e. The minimum Gasteiger partial charge on any atom is -0.481 e. The highest BCUT2D eigenvalue weighted by atomic mass is 19.1. The number of carbonyl (C=O) groups is 1. The van der Waals surface area contributed by atoms with E-state index in [0.29, 0.717) is 5.56 Å². The first-order chi connectivity index (χ1) is 7.41. The predicted octanol–water partition coefficient (Wildman–Crippen LogP) is -0.231. The third-order valence-corrected chi connectivity index (χ3v) is 2.31. The fourth-order valence-corrected chi connectivity index (χ4v) is 1.35. The van der Waals surface area contributed by atoms with Gasteiger partial charge in [0.2, 0.25) is 0 Å². The minimum absolute atomic E-state index is 0.202. The van der Waals surface area contributed by atoms with E-state index in [1.54, 1.807) is 0 Å². The molecule has 0 saturated carbocycles. The van der Waals surface area contributed by atoms with Gasteiger partial charge >= 0.3 is 13.1 Å². The van der Waals surface area contributed by atoms with Crippen LogP contribution in [0, 0.1) is 11.7 Å². The largest absolute Gasteiger partial charge is 0.491 e. The van der Waals surface area contributed by atoms with Crippen LogP contribution in [0.2, 0.25) is 0 Å². The molecule has 0 amide bonds. The Hall–Kier alpha value is -1.40. The van der Waals surface area contributed by atoms with Gasteiger partial charge in [0.05, 0.1) is 5.92 Å². The van der Waals surface area contributed by atoms with E-state index >= 15 is 0 Å². The first kappa shape index (κ1) is 12.7. The average Bonchev–Trinajstić information content (AvgIpc) is 2.16. The van der Waals surface area contributed by atoms with Crippen molar-refractivity contribution in [3.8, 4) is 0 Å². The molecule has 1 atom stereocenters. The number of hydrogen-bond donors (Lipinski definition) is 3. The van der Waals surface area contributed by atoms with E-state index in [1.165, 1.54) is 19.1 Å². The summed E-state index contributed by atoms with van der Waals surface area (Å²) < 4.78 is 13.3. The Morgan fingerprint density at radius 2 is 2.12 bits per heavy atom. The third-order valence-electron chi connectivity index (χ3n) is 2.31. The van der Waals surface area contributed by atoms with Gasteiger partial charge in [0.1, 0.15) is 5.82 Å². The zero-order valence-corrected chi connectivity index (χ0v) is 8.72. The lowest BCUT2D eigenvalue weighted by Crippen LogP contribution is -2.32. The Morgan fingerprint density at radius 1 is 1.50 bits per heavy atom. The minimum atomic E-state index is -1.86. The van der Waals surface area contributed by atoms with Gasteiger partial charge in [-0.25, -0.2) is 4.39 Å². The van der Waals surface area contributed by atoms with Crippen LogP contribution in [0.5, 0.6) is 0 Å². The number of carboxylic acid groups (broad SMARTS) is 1. The fraction of sp³-hybridized carbons (Fsp3) is 0.300. The molecular formula is C10H12BFO4. The van der Waals surface area contributed by atoms with Crippen molar-refractivity contribution in [1.29, 1.82) is 0 Å². The molecule has 4 nitrogen and oxygen atoms in total. The van der Waals surface area contributed by atoms with Gasteiger partial charge in [0.15, 0.2) is 0 Å². The second kappa shape index (κ2) is 5.09. The van der Waals surface area contributed by atoms with Crippen LogP contribution in [0.25, 0.3) is 0 Å². The zero-order valence-electron chi connectivity index (χ0n) is 8.72. The van der Waals surface area contributed by atoms with E-state index in [1.807, 2.05) is 0 Å². The third kappa shape index (κ3) is 3.05. The number of carboxylic acids is 1. The van der Waals surface area contributed by atoms with Crippen molar-refractivity contribution in [3.63, 3.8) is 0 Å². The number of hydrogen-bond acceptors (Lipinski definition) is 3. The van der Waals surface area contributed by atoms with Crippen LogP contribution in [0.1, 0.15) is 12.5 Å². The highest BCUT2D eigenvalue weighted by Gasteiger charge is 2.18. The van der Waals surface area contributed by atoms with Crippen LogP contribution >= 0.6 is 0 Å². The second-order valence-corrected chi connectivity index (χ2v) is 3.67. The monoisotopic (exact) mass is 226 g/mol. The first-order valence-electron chi connectivity index (χ1n) is 4.79. The molecule has 0 bridgehead atoms. The van der Waals surface area contributed by atoms with Gasteiger partial charge in [-0.15, -0.1) is 0 Å². The van der Waals surface area contributed by atoms with E-state index in [4.69, 9.17) is 15.2 Å². The van der Waals surface area contributed by atoms with Gasteiger partial charge in [-0.1, -0.05) is 19.1 Å². The van der Waals surface area contributed by atoms with Gasteiger partial charge in [-0.3, -0.25) is 4.79 Å². The summed E-state index contributed by atoms with van der Waals surface area (Å²) in [6.07, 6.45) is 0.202. The number of benzene rings is 1. The summed E-state index contributed by atoms with van der Waals surface area (Å²) in [6, 6.07) is 3.84. The van der Waals surface area contributed by atoms with E-state index < -0.39 is 24.8 Å². The van der Waals surface area contributed by atoms with Crippen molar-refractivity contribution >= 4 is 18.6 Å². The van der Waals surface area contributed by atoms with Gasteiger partial charge in [0.25, 0.3) is 0 Å². The molecule has 1 aromatic carbocycles. The van der Waals surface area contributed by atoms with E-state index in [2.05, 4.69) is 0 Å². The van der Waals surface area contributed by atoms with Gasteiger partial charge in [-0.05, 0) is 18.1 Å². The maximum absolute atomic E-state index is 13.3. The summed E-state index contributed by atoms with van der Waals surface area (Å²) in [6.45, 7) is 1.52. The molecule has 1 rings (SSSR count). The van der Waals surface area contributed by atoms with Crippen molar-refractivity contribution in [2.45, 2.75) is 13.3 Å². The molecule has 1 unspecified atom stereocenters. The Bertz CT molecular complexity index is 394. The normalized spacial score (nSPS) is 12.2. The second-order valence-electron chi connectivity index (χ2n) is 3.67. The predicted molar refractivity (Wildman–Crippen MR) is 56.7 cm³/mol. The molecule has 0 aromatic heterocycles. The number of aliphatic carboxylic acids is 1. The van der Waals surface area contributed by atoms with Crippen LogP contribution in [-0.2, 0) is 11.2 Å². The maximum atomic E-state index is 13.3. The Labute approximate surface area is 92.5 Å². The topological polar surface area (TPSA) is 77.8 Å². The first-order valence-corrected chi connectivity index (χ1v) is 4.79. The Kier molecular flexibility index (Phi) is 4.03. The highest BCUT2D eigenvalue weighted by molar-refractivity contribution is 6.58. The lowest BCUT2D eigenvalue weighted by Gasteiger charge is -2.08. The summed E-state index contributed by atoms with van der Waals surface area (Å²) >= 11 is 0. The van der Waals surface area contributed by atoms with Crippen molar-refractivity contribution in [1.82, 2.24) is 0 Å². The molecule has 3 N–H and O–H groups in total. The molecule has 0 saturated heterocycles. The Morgan fingerprint density at radius 3 is 2.56 bits per heavy atom.